The molecule has 0 saturated carbocycles. The molecule has 0 aliphatic carbocycles. The molecule has 0 atom stereocenters. The first-order valence-corrected chi connectivity index (χ1v) is 4.70. The van der Waals surface area contributed by atoms with Gasteiger partial charge in [0.2, 0.25) is 0 Å². The summed E-state index contributed by atoms with van der Waals surface area (Å²) < 4.78 is 17.8. The summed E-state index contributed by atoms with van der Waals surface area (Å²) in [6.07, 6.45) is 0. The Kier molecular flexibility index (Phi) is 41.2. The van der Waals surface area contributed by atoms with Crippen molar-refractivity contribution in [1.82, 2.24) is 0 Å². The first-order chi connectivity index (χ1) is 4.00. The van der Waals surface area contributed by atoms with Crippen molar-refractivity contribution in [2.45, 2.75) is 0 Å². The normalized spacial score (nSPS) is 8.43. The van der Waals surface area contributed by atoms with Gasteiger partial charge in [-0.2, -0.15) is 0 Å². The molecular weight excluding hydrogens is 318 g/mol. The third-order valence-electron chi connectivity index (χ3n) is 0. The summed E-state index contributed by atoms with van der Waals surface area (Å²) in [5, 5.41) is 0. The molecular formula is H12Mg3MnO8P2. The second-order valence-electron chi connectivity index (χ2n) is 1.03. The SMILES string of the molecule is O=P(O)(O)O.O=P(O)(O)O.[MgH2].[MgH2].[MgH2].[Mn]. The van der Waals surface area contributed by atoms with E-state index in [9.17, 15) is 0 Å². The van der Waals surface area contributed by atoms with Crippen LogP contribution in [0, 0.1) is 0 Å². The van der Waals surface area contributed by atoms with Gasteiger partial charge >= 0.3 is 84.8 Å². The Labute approximate surface area is 139 Å². The molecule has 0 spiro atoms. The largest absolute Gasteiger partial charge is 0.466 e. The van der Waals surface area contributed by atoms with E-state index in [0.29, 0.717) is 0 Å². The second-order valence-corrected chi connectivity index (χ2v) is 3.08. The van der Waals surface area contributed by atoms with Gasteiger partial charge in [0.05, 0.1) is 0 Å². The van der Waals surface area contributed by atoms with Gasteiger partial charge in [0.1, 0.15) is 0 Å². The van der Waals surface area contributed by atoms with Gasteiger partial charge in [0, 0.05) is 17.1 Å². The van der Waals surface area contributed by atoms with E-state index in [-0.39, 0.29) is 86.2 Å². The summed E-state index contributed by atoms with van der Waals surface area (Å²) in [5.74, 6) is 0. The van der Waals surface area contributed by atoms with Crippen LogP contribution < -0.4 is 0 Å². The van der Waals surface area contributed by atoms with E-state index >= 15 is 0 Å². The summed E-state index contributed by atoms with van der Waals surface area (Å²) in [6.45, 7) is 0. The zero-order valence-electron chi connectivity index (χ0n) is 4.77. The predicted octanol–water partition coefficient (Wildman–Crippen LogP) is -4.61. The van der Waals surface area contributed by atoms with Crippen molar-refractivity contribution in [3.8, 4) is 0 Å². The zero-order chi connectivity index (χ0) is 9.00. The number of phosphoric acid groups is 2. The summed E-state index contributed by atoms with van der Waals surface area (Å²) in [7, 11) is -9.28. The molecule has 14 heavy (non-hydrogen) atoms. The summed E-state index contributed by atoms with van der Waals surface area (Å²) in [6, 6.07) is 0. The molecule has 0 heterocycles. The van der Waals surface area contributed by atoms with E-state index in [4.69, 9.17) is 38.5 Å². The maximum Gasteiger partial charge on any atom is 0.466 e. The number of rotatable bonds is 0. The van der Waals surface area contributed by atoms with E-state index in [1.54, 1.807) is 0 Å². The summed E-state index contributed by atoms with van der Waals surface area (Å²) in [4.78, 5) is 43.1. The number of hydrogen-bond donors (Lipinski definition) is 6. The van der Waals surface area contributed by atoms with Crippen LogP contribution in [-0.4, -0.2) is 98.5 Å². The third-order valence-corrected chi connectivity index (χ3v) is 0. The Morgan fingerprint density at radius 3 is 0.571 bits per heavy atom. The second kappa shape index (κ2) is 16.0. The summed E-state index contributed by atoms with van der Waals surface area (Å²) in [5.41, 5.74) is 0. The van der Waals surface area contributed by atoms with E-state index in [2.05, 4.69) is 0 Å². The molecule has 14 heteroatoms. The summed E-state index contributed by atoms with van der Waals surface area (Å²) >= 11 is 0. The fourth-order valence-corrected chi connectivity index (χ4v) is 0. The minimum atomic E-state index is -4.64. The quantitative estimate of drug-likeness (QED) is 0.191. The first-order valence-electron chi connectivity index (χ1n) is 1.57. The van der Waals surface area contributed by atoms with Gasteiger partial charge in [0.15, 0.2) is 0 Å². The molecule has 83 valence electrons. The van der Waals surface area contributed by atoms with Gasteiger partial charge in [-0.05, 0) is 0 Å². The molecule has 0 aromatic carbocycles. The fraction of sp³-hybridized carbons (Fsp3) is 0. The number of hydrogen-bond acceptors (Lipinski definition) is 2. The minimum absolute atomic E-state index is 0. The van der Waals surface area contributed by atoms with Gasteiger partial charge in [-0.25, -0.2) is 9.13 Å². The Morgan fingerprint density at radius 2 is 0.571 bits per heavy atom. The molecule has 0 aliphatic heterocycles. The molecule has 1 radical (unpaired) electrons. The van der Waals surface area contributed by atoms with Crippen molar-refractivity contribution in [3.05, 3.63) is 0 Å². The van der Waals surface area contributed by atoms with Crippen molar-refractivity contribution in [3.63, 3.8) is 0 Å². The molecule has 0 fully saturated rings. The smallest absolute Gasteiger partial charge is 0.303 e. The van der Waals surface area contributed by atoms with Crippen LogP contribution in [0.3, 0.4) is 0 Å². The van der Waals surface area contributed by atoms with Crippen LogP contribution in [0.15, 0.2) is 0 Å². The minimum Gasteiger partial charge on any atom is -0.303 e. The van der Waals surface area contributed by atoms with Crippen LogP contribution >= 0.6 is 15.6 Å². The maximum atomic E-state index is 8.88. The van der Waals surface area contributed by atoms with Gasteiger partial charge in [0.25, 0.3) is 0 Å². The van der Waals surface area contributed by atoms with Crippen molar-refractivity contribution in [2.75, 3.05) is 0 Å². The van der Waals surface area contributed by atoms with E-state index in [1.807, 2.05) is 0 Å². The van der Waals surface area contributed by atoms with Crippen LogP contribution in [0.1, 0.15) is 0 Å². The van der Waals surface area contributed by atoms with E-state index < -0.39 is 15.6 Å². The molecule has 0 saturated heterocycles. The van der Waals surface area contributed by atoms with Crippen LogP contribution in [0.5, 0.6) is 0 Å². The molecule has 0 aromatic heterocycles. The van der Waals surface area contributed by atoms with Crippen LogP contribution in [0.25, 0.3) is 0 Å². The molecule has 0 unspecified atom stereocenters. The van der Waals surface area contributed by atoms with Crippen molar-refractivity contribution in [2.24, 2.45) is 0 Å². The maximum absolute atomic E-state index is 8.88. The monoisotopic (exact) mass is 329 g/mol. The average molecular weight is 330 g/mol. The van der Waals surface area contributed by atoms with Crippen molar-refractivity contribution < 1.29 is 55.6 Å². The molecule has 0 rings (SSSR count). The standard InChI is InChI=1S/3Mg.Mn.2H3O4P.6H/c;;;;2*1-5(2,3)4;;;;;;/h;;;;2*(H3,1,2,3,4);;;;;;. The van der Waals surface area contributed by atoms with Crippen molar-refractivity contribution >= 4 is 84.8 Å². The Bertz CT molecular complexity index is 135. The van der Waals surface area contributed by atoms with E-state index in [0.717, 1.165) is 0 Å². The van der Waals surface area contributed by atoms with Crippen LogP contribution in [-0.2, 0) is 26.2 Å². The third kappa shape index (κ3) is 321. The Hall–Kier alpha value is 3.04. The van der Waals surface area contributed by atoms with Gasteiger partial charge < -0.3 is 29.4 Å². The molecule has 0 amide bonds. The molecule has 0 bridgehead atoms. The van der Waals surface area contributed by atoms with Gasteiger partial charge in [-0.15, -0.1) is 0 Å². The van der Waals surface area contributed by atoms with Crippen LogP contribution in [0.4, 0.5) is 0 Å². The van der Waals surface area contributed by atoms with Gasteiger partial charge in [-0.3, -0.25) is 0 Å². The topological polar surface area (TPSA) is 156 Å². The fourth-order valence-electron chi connectivity index (χ4n) is 0. The predicted molar refractivity (Wildman–Crippen MR) is 54.2 cm³/mol. The van der Waals surface area contributed by atoms with Crippen LogP contribution in [0.2, 0.25) is 0 Å². The first kappa shape index (κ1) is 36.0. The van der Waals surface area contributed by atoms with Crippen molar-refractivity contribution in [1.29, 1.82) is 0 Å². The van der Waals surface area contributed by atoms with E-state index in [1.165, 1.54) is 0 Å². The van der Waals surface area contributed by atoms with Gasteiger partial charge in [-0.1, -0.05) is 0 Å². The average Bonchev–Trinajstić information content (AvgIpc) is 1.12. The zero-order valence-corrected chi connectivity index (χ0v) is 7.74. The molecule has 0 aliphatic rings. The Balaban J connectivity index is -0.0000000178. The molecule has 8 nitrogen and oxygen atoms in total. The Morgan fingerprint density at radius 1 is 0.571 bits per heavy atom. The molecule has 0 aromatic rings. The molecule has 6 N–H and O–H groups in total.